The SMILES string of the molecule is C=C(C)[C@@H]1CC[C@]2(COC(=O)CC(C)(C)CC(=O)OC)CC[C@]3(C)C(CCC4[C@@]5(C)CC[C@H](OC(=O)CC(C)(C)CC(=O)OC)C(C)(C)C5CC[C@]43C)C12. The van der Waals surface area contributed by atoms with Crippen LogP contribution in [0.1, 0.15) is 159 Å². The van der Waals surface area contributed by atoms with Gasteiger partial charge in [-0.05, 0) is 128 Å². The topological polar surface area (TPSA) is 105 Å². The van der Waals surface area contributed by atoms with E-state index in [0.717, 1.165) is 44.9 Å². The molecule has 4 unspecified atom stereocenters. The van der Waals surface area contributed by atoms with Crippen molar-refractivity contribution >= 4 is 23.9 Å². The molecule has 0 radical (unpaired) electrons. The van der Waals surface area contributed by atoms with Crippen LogP contribution in [0.2, 0.25) is 0 Å². The van der Waals surface area contributed by atoms with Gasteiger partial charge in [0.05, 0.1) is 46.5 Å². The number of carbonyl (C=O) groups excluding carboxylic acids is 4. The van der Waals surface area contributed by atoms with Crippen LogP contribution in [0.3, 0.4) is 0 Å². The fourth-order valence-electron chi connectivity index (χ4n) is 14.0. The van der Waals surface area contributed by atoms with Crippen LogP contribution in [0.4, 0.5) is 0 Å². The molecule has 0 N–H and O–H groups in total. The van der Waals surface area contributed by atoms with Crippen LogP contribution in [0.25, 0.3) is 0 Å². The normalized spacial score (nSPS) is 38.4. The van der Waals surface area contributed by atoms with Crippen LogP contribution >= 0.6 is 0 Å². The van der Waals surface area contributed by atoms with E-state index in [1.807, 2.05) is 27.7 Å². The highest BCUT2D eigenvalue weighted by Crippen LogP contribution is 2.77. The molecule has 8 nitrogen and oxygen atoms in total. The summed E-state index contributed by atoms with van der Waals surface area (Å²) in [6, 6.07) is 0. The summed E-state index contributed by atoms with van der Waals surface area (Å²) in [7, 11) is 2.77. The quantitative estimate of drug-likeness (QED) is 0.110. The summed E-state index contributed by atoms with van der Waals surface area (Å²) < 4.78 is 22.3. The van der Waals surface area contributed by atoms with Crippen LogP contribution in [0.15, 0.2) is 12.2 Å². The molecule has 10 atom stereocenters. The van der Waals surface area contributed by atoms with Crippen LogP contribution in [0, 0.1) is 67.5 Å². The molecule has 54 heavy (non-hydrogen) atoms. The molecule has 5 saturated carbocycles. The van der Waals surface area contributed by atoms with Gasteiger partial charge in [-0.15, -0.1) is 0 Å². The lowest BCUT2D eigenvalue weighted by atomic mass is 9.32. The maximum absolute atomic E-state index is 13.4. The third-order valence-electron chi connectivity index (χ3n) is 16.9. The van der Waals surface area contributed by atoms with Gasteiger partial charge in [0, 0.05) is 10.8 Å². The van der Waals surface area contributed by atoms with Gasteiger partial charge in [-0.25, -0.2) is 0 Å². The second-order valence-electron chi connectivity index (χ2n) is 21.7. The van der Waals surface area contributed by atoms with Crippen molar-refractivity contribution in [2.24, 2.45) is 67.5 Å². The lowest BCUT2D eigenvalue weighted by molar-refractivity contribution is -0.252. The smallest absolute Gasteiger partial charge is 0.306 e. The predicted molar refractivity (Wildman–Crippen MR) is 210 cm³/mol. The third kappa shape index (κ3) is 7.55. The van der Waals surface area contributed by atoms with Gasteiger partial charge >= 0.3 is 23.9 Å². The van der Waals surface area contributed by atoms with E-state index in [2.05, 4.69) is 48.1 Å². The van der Waals surface area contributed by atoms with E-state index in [0.29, 0.717) is 36.2 Å². The van der Waals surface area contributed by atoms with E-state index in [-0.39, 0.29) is 82.7 Å². The van der Waals surface area contributed by atoms with Crippen molar-refractivity contribution in [1.82, 2.24) is 0 Å². The number of rotatable bonds is 12. The van der Waals surface area contributed by atoms with E-state index in [9.17, 15) is 19.2 Å². The summed E-state index contributed by atoms with van der Waals surface area (Å²) in [5.74, 6) is 1.36. The van der Waals surface area contributed by atoms with Crippen molar-refractivity contribution in [3.8, 4) is 0 Å². The van der Waals surface area contributed by atoms with Gasteiger partial charge in [0.15, 0.2) is 0 Å². The zero-order chi connectivity index (χ0) is 40.3. The fraction of sp³-hybridized carbons (Fsp3) is 0.870. The molecule has 0 amide bonds. The maximum Gasteiger partial charge on any atom is 0.306 e. The Balaban J connectivity index is 1.34. The van der Waals surface area contributed by atoms with Crippen molar-refractivity contribution in [2.45, 2.75) is 165 Å². The zero-order valence-corrected chi connectivity index (χ0v) is 36.0. The van der Waals surface area contributed by atoms with Gasteiger partial charge in [-0.1, -0.05) is 74.5 Å². The average molecular weight is 755 g/mol. The first-order valence-electron chi connectivity index (χ1n) is 21.0. The number of hydrogen-bond donors (Lipinski definition) is 0. The molecule has 5 aliphatic carbocycles. The minimum atomic E-state index is -0.526. The Hall–Kier alpha value is -2.38. The van der Waals surface area contributed by atoms with Crippen LogP contribution in [-0.2, 0) is 38.1 Å². The van der Waals surface area contributed by atoms with Gasteiger partial charge in [-0.2, -0.15) is 0 Å². The fourth-order valence-corrected chi connectivity index (χ4v) is 14.0. The second kappa shape index (κ2) is 14.8. The lowest BCUT2D eigenvalue weighted by Crippen LogP contribution is -2.67. The van der Waals surface area contributed by atoms with E-state index >= 15 is 0 Å². The highest BCUT2D eigenvalue weighted by molar-refractivity contribution is 5.74. The molecule has 0 bridgehead atoms. The molecule has 0 heterocycles. The van der Waals surface area contributed by atoms with Crippen molar-refractivity contribution in [2.75, 3.05) is 20.8 Å². The van der Waals surface area contributed by atoms with Crippen LogP contribution in [0.5, 0.6) is 0 Å². The molecule has 0 aromatic heterocycles. The second-order valence-corrected chi connectivity index (χ2v) is 21.7. The molecule has 0 aliphatic heterocycles. The summed E-state index contributed by atoms with van der Waals surface area (Å²) >= 11 is 0. The third-order valence-corrected chi connectivity index (χ3v) is 16.9. The Kier molecular flexibility index (Phi) is 11.8. The van der Waals surface area contributed by atoms with E-state index in [4.69, 9.17) is 18.9 Å². The highest BCUT2D eigenvalue weighted by atomic mass is 16.5. The Labute approximate surface area is 327 Å². The van der Waals surface area contributed by atoms with Crippen molar-refractivity contribution in [3.05, 3.63) is 12.2 Å². The molecule has 5 fully saturated rings. The van der Waals surface area contributed by atoms with E-state index < -0.39 is 10.8 Å². The van der Waals surface area contributed by atoms with Gasteiger partial charge in [0.1, 0.15) is 6.10 Å². The number of methoxy groups -OCH3 is 2. The number of hydrogen-bond acceptors (Lipinski definition) is 8. The van der Waals surface area contributed by atoms with E-state index in [1.54, 1.807) is 0 Å². The molecule has 0 aromatic carbocycles. The molecule has 5 aliphatic rings. The standard InChI is InChI=1S/C46H74O8/c1-29(2)30-16-21-46(28-53-37(49)26-40(3,4)24-35(47)51-12)23-22-44(10)31(39(30)46)14-15-33-43(9)19-18-34(42(7,8)32(43)17-20-45(33,44)11)54-38(50)27-41(5,6)25-36(48)52-13/h30-34,39H,1,14-28H2,2-13H3/t30-,31?,32?,33?,34-,39?,43-,44+,45+,46+/m0/s1. The monoisotopic (exact) mass is 755 g/mol. The first kappa shape index (κ1) is 42.8. The maximum atomic E-state index is 13.4. The molecular weight excluding hydrogens is 680 g/mol. The van der Waals surface area contributed by atoms with Crippen LogP contribution in [-0.4, -0.2) is 50.8 Å². The van der Waals surface area contributed by atoms with Crippen molar-refractivity contribution in [1.29, 1.82) is 0 Å². The van der Waals surface area contributed by atoms with E-state index in [1.165, 1.54) is 39.1 Å². The molecule has 0 spiro atoms. The Morgan fingerprint density at radius 3 is 1.80 bits per heavy atom. The summed E-state index contributed by atoms with van der Waals surface area (Å²) in [5, 5.41) is 0. The molecule has 8 heteroatoms. The number of allylic oxidation sites excluding steroid dienone is 1. The molecule has 306 valence electrons. The minimum Gasteiger partial charge on any atom is -0.469 e. The van der Waals surface area contributed by atoms with Crippen molar-refractivity contribution < 1.29 is 38.1 Å². The minimum absolute atomic E-state index is 0.0460. The van der Waals surface area contributed by atoms with Crippen molar-refractivity contribution in [3.63, 3.8) is 0 Å². The predicted octanol–water partition coefficient (Wildman–Crippen LogP) is 10.1. The zero-order valence-electron chi connectivity index (χ0n) is 36.0. The Bertz CT molecular complexity index is 1480. The summed E-state index contributed by atoms with van der Waals surface area (Å²) in [6.45, 7) is 27.4. The average Bonchev–Trinajstić information content (AvgIpc) is 3.44. The molecular formula is C46H74O8. The number of esters is 4. The highest BCUT2D eigenvalue weighted by Gasteiger charge is 2.71. The van der Waals surface area contributed by atoms with Crippen LogP contribution < -0.4 is 0 Å². The molecule has 0 aromatic rings. The molecule has 5 rings (SSSR count). The van der Waals surface area contributed by atoms with Gasteiger partial charge in [-0.3, -0.25) is 19.2 Å². The number of carbonyl (C=O) groups is 4. The number of ether oxygens (including phenoxy) is 4. The Morgan fingerprint density at radius 2 is 1.22 bits per heavy atom. The summed E-state index contributed by atoms with van der Waals surface area (Å²) in [4.78, 5) is 50.7. The summed E-state index contributed by atoms with van der Waals surface area (Å²) in [6.07, 6.45) is 11.6. The molecule has 0 saturated heterocycles. The Morgan fingerprint density at radius 1 is 0.648 bits per heavy atom. The first-order chi connectivity index (χ1) is 24.9. The van der Waals surface area contributed by atoms with Gasteiger partial charge < -0.3 is 18.9 Å². The van der Waals surface area contributed by atoms with Gasteiger partial charge in [0.2, 0.25) is 0 Å². The van der Waals surface area contributed by atoms with Gasteiger partial charge in [0.25, 0.3) is 0 Å². The largest absolute Gasteiger partial charge is 0.469 e. The first-order valence-corrected chi connectivity index (χ1v) is 21.0. The lowest BCUT2D eigenvalue weighted by Gasteiger charge is -2.73. The summed E-state index contributed by atoms with van der Waals surface area (Å²) in [5.41, 5.74) is 0.468. The number of fused-ring (bicyclic) bond motifs is 7.